The van der Waals surface area contributed by atoms with Crippen molar-refractivity contribution in [3.8, 4) is 0 Å². The van der Waals surface area contributed by atoms with Gasteiger partial charge in [-0.05, 0) is 51.4 Å². The van der Waals surface area contributed by atoms with Gasteiger partial charge < -0.3 is 10.1 Å². The van der Waals surface area contributed by atoms with Crippen molar-refractivity contribution in [1.82, 2.24) is 5.32 Å². The molecule has 100 valence electrons. The number of hydrogen-bond donors (Lipinski definition) is 1. The Morgan fingerprint density at radius 1 is 1.12 bits per heavy atom. The van der Waals surface area contributed by atoms with E-state index in [2.05, 4.69) is 33.0 Å². The highest BCUT2D eigenvalue weighted by Crippen LogP contribution is 2.31. The first-order valence-electron chi connectivity index (χ1n) is 7.36. The van der Waals surface area contributed by atoms with E-state index in [4.69, 9.17) is 4.74 Å². The summed E-state index contributed by atoms with van der Waals surface area (Å²) < 4.78 is 5.79. The fourth-order valence-corrected chi connectivity index (χ4v) is 3.44. The minimum atomic E-state index is 0.0689. The lowest BCUT2D eigenvalue weighted by Gasteiger charge is -2.41. The Bertz CT molecular complexity index is 251. The minimum absolute atomic E-state index is 0.0689. The largest absolute Gasteiger partial charge is 0.375 e. The van der Waals surface area contributed by atoms with E-state index in [1.807, 2.05) is 0 Å². The second-order valence-corrected chi connectivity index (χ2v) is 6.97. The lowest BCUT2D eigenvalue weighted by atomic mass is 9.79. The zero-order chi connectivity index (χ0) is 12.5. The van der Waals surface area contributed by atoms with Crippen LogP contribution in [-0.2, 0) is 4.74 Å². The molecule has 1 heterocycles. The van der Waals surface area contributed by atoms with Crippen molar-refractivity contribution in [1.29, 1.82) is 0 Å². The highest BCUT2D eigenvalue weighted by molar-refractivity contribution is 4.88. The third kappa shape index (κ3) is 3.69. The quantitative estimate of drug-likeness (QED) is 0.798. The highest BCUT2D eigenvalue weighted by Gasteiger charge is 2.32. The van der Waals surface area contributed by atoms with Crippen molar-refractivity contribution in [3.63, 3.8) is 0 Å². The Labute approximate surface area is 107 Å². The average molecular weight is 239 g/mol. The predicted molar refractivity (Wildman–Crippen MR) is 72.2 cm³/mol. The number of nitrogens with one attached hydrogen (secondary N) is 1. The number of hydrogen-bond acceptors (Lipinski definition) is 2. The third-order valence-corrected chi connectivity index (χ3v) is 4.60. The molecule has 0 aromatic heterocycles. The maximum atomic E-state index is 5.79. The molecule has 1 saturated carbocycles. The fourth-order valence-electron chi connectivity index (χ4n) is 3.44. The Morgan fingerprint density at radius 3 is 2.59 bits per heavy atom. The lowest BCUT2D eigenvalue weighted by molar-refractivity contribution is -0.0657. The van der Waals surface area contributed by atoms with E-state index in [9.17, 15) is 0 Å². The molecule has 0 amide bonds. The number of rotatable bonds is 2. The van der Waals surface area contributed by atoms with Crippen LogP contribution >= 0.6 is 0 Å². The van der Waals surface area contributed by atoms with Crippen LogP contribution in [0.5, 0.6) is 0 Å². The smallest absolute Gasteiger partial charge is 0.0641 e. The molecular formula is C15H29NO. The summed E-state index contributed by atoms with van der Waals surface area (Å²) in [5, 5.41) is 3.91. The van der Waals surface area contributed by atoms with Gasteiger partial charge in [-0.2, -0.15) is 0 Å². The molecule has 0 aromatic rings. The fraction of sp³-hybridized carbons (Fsp3) is 1.00. The second-order valence-electron chi connectivity index (χ2n) is 6.97. The van der Waals surface area contributed by atoms with E-state index in [0.717, 1.165) is 30.9 Å². The maximum absolute atomic E-state index is 5.79. The molecule has 1 aliphatic heterocycles. The van der Waals surface area contributed by atoms with Crippen molar-refractivity contribution < 1.29 is 4.74 Å². The first-order chi connectivity index (χ1) is 7.96. The molecule has 0 bridgehead atoms. The van der Waals surface area contributed by atoms with Crippen LogP contribution in [-0.4, -0.2) is 24.3 Å². The average Bonchev–Trinajstić information content (AvgIpc) is 2.22. The monoisotopic (exact) mass is 239 g/mol. The van der Waals surface area contributed by atoms with Gasteiger partial charge in [-0.3, -0.25) is 0 Å². The van der Waals surface area contributed by atoms with E-state index in [1.54, 1.807) is 0 Å². The molecule has 2 heteroatoms. The zero-order valence-corrected chi connectivity index (χ0v) is 12.0. The third-order valence-electron chi connectivity index (χ3n) is 4.60. The second kappa shape index (κ2) is 5.27. The van der Waals surface area contributed by atoms with Crippen molar-refractivity contribution >= 4 is 0 Å². The summed E-state index contributed by atoms with van der Waals surface area (Å²) in [4.78, 5) is 0. The molecule has 4 atom stereocenters. The van der Waals surface area contributed by atoms with E-state index < -0.39 is 0 Å². The van der Waals surface area contributed by atoms with Crippen molar-refractivity contribution in [2.75, 3.05) is 6.61 Å². The van der Waals surface area contributed by atoms with Crippen LogP contribution in [0.2, 0.25) is 0 Å². The molecule has 2 fully saturated rings. The van der Waals surface area contributed by atoms with Crippen LogP contribution < -0.4 is 5.32 Å². The summed E-state index contributed by atoms with van der Waals surface area (Å²) in [5.74, 6) is 1.74. The van der Waals surface area contributed by atoms with Gasteiger partial charge in [0, 0.05) is 18.7 Å². The van der Waals surface area contributed by atoms with Crippen molar-refractivity contribution in [2.24, 2.45) is 11.8 Å². The molecule has 1 aliphatic carbocycles. The van der Waals surface area contributed by atoms with Gasteiger partial charge in [0.1, 0.15) is 0 Å². The van der Waals surface area contributed by atoms with Crippen LogP contribution in [0.15, 0.2) is 0 Å². The van der Waals surface area contributed by atoms with Gasteiger partial charge in [0.25, 0.3) is 0 Å². The predicted octanol–water partition coefficient (Wildman–Crippen LogP) is 3.36. The van der Waals surface area contributed by atoms with Crippen LogP contribution in [0.1, 0.15) is 59.8 Å². The van der Waals surface area contributed by atoms with Crippen LogP contribution in [0, 0.1) is 11.8 Å². The van der Waals surface area contributed by atoms with Crippen molar-refractivity contribution in [3.05, 3.63) is 0 Å². The molecule has 1 N–H and O–H groups in total. The first kappa shape index (κ1) is 13.4. The van der Waals surface area contributed by atoms with Gasteiger partial charge in [0.15, 0.2) is 0 Å². The molecule has 0 aromatic carbocycles. The van der Waals surface area contributed by atoms with Crippen LogP contribution in [0.25, 0.3) is 0 Å². The normalized spacial score (nSPS) is 42.4. The van der Waals surface area contributed by atoms with Gasteiger partial charge in [-0.25, -0.2) is 0 Å². The molecule has 2 rings (SSSR count). The van der Waals surface area contributed by atoms with Gasteiger partial charge in [0.2, 0.25) is 0 Å². The van der Waals surface area contributed by atoms with Crippen LogP contribution in [0.4, 0.5) is 0 Å². The molecule has 1 saturated heterocycles. The summed E-state index contributed by atoms with van der Waals surface area (Å²) >= 11 is 0. The topological polar surface area (TPSA) is 21.3 Å². The van der Waals surface area contributed by atoms with E-state index >= 15 is 0 Å². The molecule has 2 nitrogen and oxygen atoms in total. The summed E-state index contributed by atoms with van der Waals surface area (Å²) in [5.41, 5.74) is 0.0689. The van der Waals surface area contributed by atoms with Gasteiger partial charge in [0.05, 0.1) is 5.60 Å². The molecule has 4 unspecified atom stereocenters. The molecule has 17 heavy (non-hydrogen) atoms. The molecule has 0 radical (unpaired) electrons. The summed E-state index contributed by atoms with van der Waals surface area (Å²) in [6.07, 6.45) is 6.51. The molecule has 2 aliphatic rings. The van der Waals surface area contributed by atoms with Gasteiger partial charge in [-0.15, -0.1) is 0 Å². The summed E-state index contributed by atoms with van der Waals surface area (Å²) in [7, 11) is 0. The van der Waals surface area contributed by atoms with E-state index in [-0.39, 0.29) is 5.60 Å². The summed E-state index contributed by atoms with van der Waals surface area (Å²) in [6, 6.07) is 1.40. The Morgan fingerprint density at radius 2 is 1.88 bits per heavy atom. The van der Waals surface area contributed by atoms with E-state index in [0.29, 0.717) is 6.04 Å². The van der Waals surface area contributed by atoms with Crippen molar-refractivity contribution in [2.45, 2.75) is 77.5 Å². The minimum Gasteiger partial charge on any atom is -0.375 e. The lowest BCUT2D eigenvalue weighted by Crippen LogP contribution is -2.50. The summed E-state index contributed by atoms with van der Waals surface area (Å²) in [6.45, 7) is 10.2. The first-order valence-corrected chi connectivity index (χ1v) is 7.36. The maximum Gasteiger partial charge on any atom is 0.0641 e. The molecular weight excluding hydrogens is 210 g/mol. The Balaban J connectivity index is 1.87. The number of ether oxygens (including phenoxy) is 1. The Kier molecular flexibility index (Phi) is 4.14. The SMILES string of the molecule is CC1CCC(C)C(NC2CCOC(C)(C)C2)C1. The van der Waals surface area contributed by atoms with Gasteiger partial charge in [-0.1, -0.05) is 20.3 Å². The highest BCUT2D eigenvalue weighted by atomic mass is 16.5. The Hall–Kier alpha value is -0.0800. The van der Waals surface area contributed by atoms with Gasteiger partial charge >= 0.3 is 0 Å². The van der Waals surface area contributed by atoms with Crippen LogP contribution in [0.3, 0.4) is 0 Å². The zero-order valence-electron chi connectivity index (χ0n) is 12.0. The standard InChI is InChI=1S/C15H29NO/c1-11-5-6-12(2)14(9-11)16-13-7-8-17-15(3,4)10-13/h11-14,16H,5-10H2,1-4H3. The van der Waals surface area contributed by atoms with E-state index in [1.165, 1.54) is 25.7 Å². The molecule has 0 spiro atoms.